The fraction of sp³-hybridized carbons (Fsp3) is 0.286. The van der Waals surface area contributed by atoms with Crippen LogP contribution in [-0.2, 0) is 7.05 Å². The Kier molecular flexibility index (Phi) is 1.73. The van der Waals surface area contributed by atoms with Gasteiger partial charge >= 0.3 is 0 Å². The highest BCUT2D eigenvalue weighted by molar-refractivity contribution is 6.01. The van der Waals surface area contributed by atoms with E-state index in [-0.39, 0.29) is 0 Å². The minimum Gasteiger partial charge on any atom is -0.308 e. The molecule has 0 aliphatic carbocycles. The Hall–Kier alpha value is -1.85. The second kappa shape index (κ2) is 2.89. The summed E-state index contributed by atoms with van der Waals surface area (Å²) in [5.41, 5.74) is 0.949. The lowest BCUT2D eigenvalue weighted by Crippen LogP contribution is -2.21. The zero-order chi connectivity index (χ0) is 9.26. The van der Waals surface area contributed by atoms with Crippen molar-refractivity contribution in [2.24, 2.45) is 17.3 Å². The molecule has 6 nitrogen and oxygen atoms in total. The van der Waals surface area contributed by atoms with Crippen molar-refractivity contribution in [3.05, 3.63) is 11.8 Å². The third-order valence-electron chi connectivity index (χ3n) is 1.63. The lowest BCUT2D eigenvalue weighted by atomic mass is 10.5. The van der Waals surface area contributed by atoms with Gasteiger partial charge in [0, 0.05) is 13.1 Å². The first-order valence-corrected chi connectivity index (χ1v) is 3.84. The number of aromatic nitrogens is 2. The van der Waals surface area contributed by atoms with Gasteiger partial charge in [0.2, 0.25) is 5.96 Å². The molecular weight excluding hydrogens is 168 g/mol. The fourth-order valence-electron chi connectivity index (χ4n) is 1.09. The number of anilines is 1. The quantitative estimate of drug-likeness (QED) is 0.658. The van der Waals surface area contributed by atoms with Crippen molar-refractivity contribution in [2.45, 2.75) is 6.92 Å². The van der Waals surface area contributed by atoms with Crippen molar-refractivity contribution in [1.29, 1.82) is 0 Å². The van der Waals surface area contributed by atoms with Crippen LogP contribution in [0.2, 0.25) is 0 Å². The van der Waals surface area contributed by atoms with Crippen LogP contribution in [0.3, 0.4) is 0 Å². The molecule has 1 aromatic heterocycles. The van der Waals surface area contributed by atoms with E-state index < -0.39 is 0 Å². The normalized spacial score (nSPS) is 14.2. The van der Waals surface area contributed by atoms with E-state index in [4.69, 9.17) is 0 Å². The summed E-state index contributed by atoms with van der Waals surface area (Å²) in [5, 5.41) is 18.4. The molecule has 67 valence electrons. The van der Waals surface area contributed by atoms with Crippen LogP contribution in [0.5, 0.6) is 0 Å². The fourth-order valence-corrected chi connectivity index (χ4v) is 1.09. The Morgan fingerprint density at radius 2 is 2.31 bits per heavy atom. The lowest BCUT2D eigenvalue weighted by Gasteiger charge is -2.02. The molecule has 0 saturated heterocycles. The number of hydrogen-bond acceptors (Lipinski definition) is 4. The molecule has 2 rings (SSSR count). The molecule has 0 unspecified atom stereocenters. The van der Waals surface area contributed by atoms with E-state index in [9.17, 15) is 0 Å². The van der Waals surface area contributed by atoms with Crippen LogP contribution in [0.4, 0.5) is 5.82 Å². The van der Waals surface area contributed by atoms with Gasteiger partial charge in [0.25, 0.3) is 0 Å². The van der Waals surface area contributed by atoms with E-state index in [2.05, 4.69) is 25.9 Å². The Labute approximate surface area is 75.4 Å². The van der Waals surface area contributed by atoms with Crippen molar-refractivity contribution in [1.82, 2.24) is 15.1 Å². The predicted molar refractivity (Wildman–Crippen MR) is 49.6 cm³/mol. The Morgan fingerprint density at radius 1 is 1.46 bits per heavy atom. The van der Waals surface area contributed by atoms with Gasteiger partial charge < -0.3 is 5.32 Å². The second-order valence-electron chi connectivity index (χ2n) is 2.70. The molecule has 0 fully saturated rings. The Bertz CT molecular complexity index is 374. The van der Waals surface area contributed by atoms with Crippen molar-refractivity contribution in [3.63, 3.8) is 0 Å². The number of nitrogens with one attached hydrogen (secondary N) is 1. The number of aryl methyl sites for hydroxylation is 2. The summed E-state index contributed by atoms with van der Waals surface area (Å²) in [5.74, 6) is 1.34. The molecule has 0 saturated carbocycles. The molecule has 1 aromatic rings. The maximum absolute atomic E-state index is 4.17. The predicted octanol–water partition coefficient (Wildman–Crippen LogP) is 0.0577. The summed E-state index contributed by atoms with van der Waals surface area (Å²) in [6, 6.07) is 1.91. The summed E-state index contributed by atoms with van der Waals surface area (Å²) in [4.78, 5) is 0. The molecule has 13 heavy (non-hydrogen) atoms. The maximum atomic E-state index is 4.17. The zero-order valence-electron chi connectivity index (χ0n) is 7.39. The maximum Gasteiger partial charge on any atom is 0.249 e. The van der Waals surface area contributed by atoms with Gasteiger partial charge in [-0.3, -0.25) is 4.68 Å². The minimum absolute atomic E-state index is 0.489. The molecule has 0 amide bonds. The van der Waals surface area contributed by atoms with Gasteiger partial charge in [-0.1, -0.05) is 0 Å². The molecule has 1 aliphatic rings. The molecule has 0 atom stereocenters. The summed E-state index contributed by atoms with van der Waals surface area (Å²) >= 11 is 0. The highest BCUT2D eigenvalue weighted by Crippen LogP contribution is 2.07. The summed E-state index contributed by atoms with van der Waals surface area (Å²) < 4.78 is 1.73. The van der Waals surface area contributed by atoms with Crippen LogP contribution in [-0.4, -0.2) is 22.1 Å². The molecule has 0 aromatic carbocycles. The van der Waals surface area contributed by atoms with E-state index in [0.717, 1.165) is 11.5 Å². The number of rotatable bonds is 1. The first-order valence-electron chi connectivity index (χ1n) is 3.84. The summed E-state index contributed by atoms with van der Waals surface area (Å²) in [6.45, 7) is 1.93. The smallest absolute Gasteiger partial charge is 0.249 e. The summed E-state index contributed by atoms with van der Waals surface area (Å²) in [6.07, 6.45) is 1.39. The molecular formula is C7H9N6. The SMILES string of the molecule is Cc1cc(NC2=NN=C[N]2)n(C)n1. The molecule has 6 heteroatoms. The topological polar surface area (TPSA) is 68.7 Å². The lowest BCUT2D eigenvalue weighted by molar-refractivity contribution is 0.765. The molecule has 2 heterocycles. The van der Waals surface area contributed by atoms with Gasteiger partial charge in [0.15, 0.2) is 0 Å². The third kappa shape index (κ3) is 1.51. The summed E-state index contributed by atoms with van der Waals surface area (Å²) in [7, 11) is 1.85. The standard InChI is InChI=1S/C7H9N6/c1-5-3-6(13(2)12-5)10-7-8-4-9-11-7/h3-4H,1-2H3,(H,10,11). The van der Waals surface area contributed by atoms with Gasteiger partial charge in [-0.05, 0) is 6.92 Å². The van der Waals surface area contributed by atoms with Gasteiger partial charge in [-0.2, -0.15) is 10.4 Å². The van der Waals surface area contributed by atoms with Crippen molar-refractivity contribution in [3.8, 4) is 0 Å². The van der Waals surface area contributed by atoms with E-state index >= 15 is 0 Å². The average Bonchev–Trinajstić information content (AvgIpc) is 2.63. The van der Waals surface area contributed by atoms with E-state index in [1.807, 2.05) is 20.0 Å². The number of nitrogens with zero attached hydrogens (tertiary/aromatic N) is 5. The van der Waals surface area contributed by atoms with Gasteiger partial charge in [-0.25, -0.2) is 0 Å². The number of hydrogen-bond donors (Lipinski definition) is 1. The van der Waals surface area contributed by atoms with Gasteiger partial charge in [0.1, 0.15) is 12.2 Å². The largest absolute Gasteiger partial charge is 0.308 e. The number of guanidine groups is 1. The molecule has 1 aliphatic heterocycles. The first kappa shape index (κ1) is 7.78. The molecule has 1 N–H and O–H groups in total. The average molecular weight is 177 g/mol. The van der Waals surface area contributed by atoms with Crippen LogP contribution in [0.15, 0.2) is 16.3 Å². The molecule has 0 bridgehead atoms. The van der Waals surface area contributed by atoms with Crippen LogP contribution in [0.1, 0.15) is 5.69 Å². The molecule has 0 spiro atoms. The van der Waals surface area contributed by atoms with Crippen molar-refractivity contribution >= 4 is 18.1 Å². The van der Waals surface area contributed by atoms with Crippen LogP contribution in [0, 0.1) is 6.92 Å². The van der Waals surface area contributed by atoms with Crippen LogP contribution >= 0.6 is 0 Å². The first-order chi connectivity index (χ1) is 6.25. The highest BCUT2D eigenvalue weighted by atomic mass is 15.4. The van der Waals surface area contributed by atoms with Crippen molar-refractivity contribution in [2.75, 3.05) is 5.32 Å². The van der Waals surface area contributed by atoms with E-state index in [1.165, 1.54) is 6.34 Å². The van der Waals surface area contributed by atoms with Crippen LogP contribution < -0.4 is 10.6 Å². The molecule has 1 radical (unpaired) electrons. The zero-order valence-corrected chi connectivity index (χ0v) is 7.39. The van der Waals surface area contributed by atoms with Gasteiger partial charge in [-0.15, -0.1) is 10.2 Å². The highest BCUT2D eigenvalue weighted by Gasteiger charge is 2.07. The van der Waals surface area contributed by atoms with Crippen molar-refractivity contribution < 1.29 is 0 Å². The Balaban J connectivity index is 2.13. The van der Waals surface area contributed by atoms with E-state index in [0.29, 0.717) is 5.96 Å². The third-order valence-corrected chi connectivity index (χ3v) is 1.63. The monoisotopic (exact) mass is 177 g/mol. The van der Waals surface area contributed by atoms with Gasteiger partial charge in [0.05, 0.1) is 5.69 Å². The minimum atomic E-state index is 0.489. The Morgan fingerprint density at radius 3 is 2.85 bits per heavy atom. The van der Waals surface area contributed by atoms with Crippen LogP contribution in [0.25, 0.3) is 0 Å². The second-order valence-corrected chi connectivity index (χ2v) is 2.70. The van der Waals surface area contributed by atoms with E-state index in [1.54, 1.807) is 4.68 Å².